The van der Waals surface area contributed by atoms with Crippen LogP contribution in [0.4, 0.5) is 11.8 Å². The van der Waals surface area contributed by atoms with Crippen molar-refractivity contribution < 1.29 is 4.79 Å². The number of anilines is 2. The van der Waals surface area contributed by atoms with Gasteiger partial charge in [0.05, 0.1) is 5.41 Å². The highest BCUT2D eigenvalue weighted by molar-refractivity contribution is 5.87. The fourth-order valence-corrected chi connectivity index (χ4v) is 4.60. The summed E-state index contributed by atoms with van der Waals surface area (Å²) in [5.74, 6) is 1.19. The maximum Gasteiger partial charge on any atom is 0.230 e. The number of nitrogen functional groups attached to an aromatic ring is 1. The van der Waals surface area contributed by atoms with Crippen LogP contribution in [0.1, 0.15) is 43.9 Å². The number of carbonyl (C=O) groups is 1. The second kappa shape index (κ2) is 8.46. The van der Waals surface area contributed by atoms with E-state index in [1.54, 1.807) is 0 Å². The average molecular weight is 406 g/mol. The summed E-state index contributed by atoms with van der Waals surface area (Å²) in [7, 11) is 0. The fourth-order valence-electron chi connectivity index (χ4n) is 4.60. The molecule has 6 nitrogen and oxygen atoms in total. The van der Waals surface area contributed by atoms with Crippen LogP contribution in [0.3, 0.4) is 0 Å². The van der Waals surface area contributed by atoms with Gasteiger partial charge in [0.25, 0.3) is 0 Å². The number of amides is 1. The normalized spacial score (nSPS) is 18.9. The van der Waals surface area contributed by atoms with Crippen molar-refractivity contribution in [3.05, 3.63) is 59.3 Å². The van der Waals surface area contributed by atoms with Gasteiger partial charge in [-0.05, 0) is 51.5 Å². The Balaban J connectivity index is 1.53. The Morgan fingerprint density at radius 1 is 1.23 bits per heavy atom. The van der Waals surface area contributed by atoms with Crippen molar-refractivity contribution in [1.29, 1.82) is 0 Å². The van der Waals surface area contributed by atoms with Crippen LogP contribution in [0.15, 0.2) is 48.0 Å². The molecule has 0 radical (unpaired) electrons. The lowest BCUT2D eigenvalue weighted by Crippen LogP contribution is -2.65. The first-order valence-corrected chi connectivity index (χ1v) is 10.9. The van der Waals surface area contributed by atoms with E-state index in [9.17, 15) is 4.79 Å². The number of hydrogen-bond acceptors (Lipinski definition) is 5. The Kier molecular flexibility index (Phi) is 5.75. The SMILES string of the molecule is Cc1cc(N2CC(Cc3ccccc3)(C(=O)NC(C)C3=CCCCC3)C2)nc(N)n1. The molecule has 1 fully saturated rings. The molecule has 1 amide bonds. The summed E-state index contributed by atoms with van der Waals surface area (Å²) in [6.45, 7) is 5.26. The number of rotatable bonds is 6. The number of nitrogens with zero attached hydrogens (tertiary/aromatic N) is 3. The summed E-state index contributed by atoms with van der Waals surface area (Å²) in [6.07, 6.45) is 7.67. The van der Waals surface area contributed by atoms with Gasteiger partial charge in [-0.2, -0.15) is 4.98 Å². The number of nitrogens with two attached hydrogens (primary N) is 1. The minimum Gasteiger partial charge on any atom is -0.368 e. The molecule has 158 valence electrons. The number of benzene rings is 1. The third-order valence-electron chi connectivity index (χ3n) is 6.27. The van der Waals surface area contributed by atoms with Crippen molar-refractivity contribution in [2.45, 2.75) is 52.0 Å². The van der Waals surface area contributed by atoms with Gasteiger partial charge in [0.15, 0.2) is 0 Å². The number of hydrogen-bond donors (Lipinski definition) is 2. The van der Waals surface area contributed by atoms with Gasteiger partial charge in [0.2, 0.25) is 11.9 Å². The minimum atomic E-state index is -0.474. The topological polar surface area (TPSA) is 84.1 Å². The second-order valence-corrected chi connectivity index (χ2v) is 8.74. The van der Waals surface area contributed by atoms with Crippen LogP contribution in [0.5, 0.6) is 0 Å². The van der Waals surface area contributed by atoms with E-state index >= 15 is 0 Å². The van der Waals surface area contributed by atoms with E-state index in [0.29, 0.717) is 19.5 Å². The highest BCUT2D eigenvalue weighted by atomic mass is 16.2. The van der Waals surface area contributed by atoms with Crippen LogP contribution in [0.2, 0.25) is 0 Å². The van der Waals surface area contributed by atoms with Crippen molar-refractivity contribution in [1.82, 2.24) is 15.3 Å². The summed E-state index contributed by atoms with van der Waals surface area (Å²) < 4.78 is 0. The molecule has 1 aliphatic carbocycles. The first kappa shape index (κ1) is 20.4. The molecule has 0 saturated carbocycles. The maximum absolute atomic E-state index is 13.5. The Morgan fingerprint density at radius 2 is 2.00 bits per heavy atom. The smallest absolute Gasteiger partial charge is 0.230 e. The van der Waals surface area contributed by atoms with Crippen LogP contribution in [-0.4, -0.2) is 35.0 Å². The lowest BCUT2D eigenvalue weighted by Gasteiger charge is -2.50. The van der Waals surface area contributed by atoms with Crippen LogP contribution < -0.4 is 16.0 Å². The lowest BCUT2D eigenvalue weighted by atomic mass is 9.73. The van der Waals surface area contributed by atoms with Gasteiger partial charge < -0.3 is 16.0 Å². The molecule has 2 aromatic rings. The summed E-state index contributed by atoms with van der Waals surface area (Å²) in [6, 6.07) is 12.3. The summed E-state index contributed by atoms with van der Waals surface area (Å²) in [5.41, 5.74) is 8.74. The Hall–Kier alpha value is -2.89. The number of nitrogens with one attached hydrogen (secondary N) is 1. The van der Waals surface area contributed by atoms with Crippen LogP contribution in [-0.2, 0) is 11.2 Å². The summed E-state index contributed by atoms with van der Waals surface area (Å²) in [4.78, 5) is 24.2. The number of allylic oxidation sites excluding steroid dienone is 1. The Labute approximate surface area is 178 Å². The van der Waals surface area contributed by atoms with Crippen molar-refractivity contribution in [3.63, 3.8) is 0 Å². The van der Waals surface area contributed by atoms with Crippen molar-refractivity contribution in [3.8, 4) is 0 Å². The average Bonchev–Trinajstić information content (AvgIpc) is 2.71. The molecular formula is C24H31N5O. The molecule has 2 aliphatic rings. The van der Waals surface area contributed by atoms with Crippen LogP contribution in [0, 0.1) is 12.3 Å². The van der Waals surface area contributed by atoms with Crippen molar-refractivity contribution >= 4 is 17.7 Å². The van der Waals surface area contributed by atoms with E-state index in [0.717, 1.165) is 24.4 Å². The van der Waals surface area contributed by atoms with Gasteiger partial charge in [-0.25, -0.2) is 4.98 Å². The first-order chi connectivity index (χ1) is 14.4. The molecule has 1 aliphatic heterocycles. The molecule has 0 bridgehead atoms. The standard InChI is InChI=1S/C24H31N5O/c1-17-13-21(28-23(25)26-17)29-15-24(16-29,14-19-9-5-3-6-10-19)22(30)27-18(2)20-11-7-4-8-12-20/h3,5-6,9-11,13,18H,4,7-8,12,14-16H2,1-2H3,(H,27,30)(H2,25,26,28). The van der Waals surface area contributed by atoms with Crippen molar-refractivity contribution in [2.75, 3.05) is 23.7 Å². The van der Waals surface area contributed by atoms with Crippen molar-refractivity contribution in [2.24, 2.45) is 5.41 Å². The number of carbonyl (C=O) groups excluding carboxylic acids is 1. The molecule has 30 heavy (non-hydrogen) atoms. The van der Waals surface area contributed by atoms with E-state index in [1.165, 1.54) is 24.0 Å². The molecule has 2 heterocycles. The summed E-state index contributed by atoms with van der Waals surface area (Å²) >= 11 is 0. The molecule has 1 unspecified atom stereocenters. The molecule has 0 spiro atoms. The third-order valence-corrected chi connectivity index (χ3v) is 6.27. The molecule has 1 saturated heterocycles. The molecule has 4 rings (SSSR count). The van der Waals surface area contributed by atoms with E-state index in [-0.39, 0.29) is 17.9 Å². The highest BCUT2D eigenvalue weighted by Gasteiger charge is 2.50. The molecule has 1 aromatic heterocycles. The first-order valence-electron chi connectivity index (χ1n) is 10.9. The predicted molar refractivity (Wildman–Crippen MR) is 120 cm³/mol. The van der Waals surface area contributed by atoms with Gasteiger partial charge in [0, 0.05) is 30.9 Å². The predicted octanol–water partition coefficient (Wildman–Crippen LogP) is 3.42. The highest BCUT2D eigenvalue weighted by Crippen LogP contribution is 2.38. The van der Waals surface area contributed by atoms with Gasteiger partial charge in [-0.1, -0.05) is 42.0 Å². The molecule has 3 N–H and O–H groups in total. The van der Waals surface area contributed by atoms with Gasteiger partial charge in [0.1, 0.15) is 5.82 Å². The molecular weight excluding hydrogens is 374 g/mol. The second-order valence-electron chi connectivity index (χ2n) is 8.74. The fraction of sp³-hybridized carbons (Fsp3) is 0.458. The largest absolute Gasteiger partial charge is 0.368 e. The Bertz CT molecular complexity index is 914. The zero-order valence-corrected chi connectivity index (χ0v) is 17.9. The van der Waals surface area contributed by atoms with Crippen LogP contribution >= 0.6 is 0 Å². The number of aryl methyl sites for hydroxylation is 1. The third kappa shape index (κ3) is 4.32. The van der Waals surface area contributed by atoms with E-state index in [4.69, 9.17) is 5.73 Å². The molecule has 1 atom stereocenters. The van der Waals surface area contributed by atoms with Gasteiger partial charge in [-0.3, -0.25) is 4.79 Å². The zero-order valence-electron chi connectivity index (χ0n) is 17.9. The maximum atomic E-state index is 13.5. The van der Waals surface area contributed by atoms with E-state index < -0.39 is 5.41 Å². The van der Waals surface area contributed by atoms with E-state index in [2.05, 4.69) is 45.3 Å². The zero-order chi connectivity index (χ0) is 21.1. The minimum absolute atomic E-state index is 0.0800. The van der Waals surface area contributed by atoms with Gasteiger partial charge in [-0.15, -0.1) is 0 Å². The molecule has 6 heteroatoms. The quantitative estimate of drug-likeness (QED) is 0.720. The lowest BCUT2D eigenvalue weighted by molar-refractivity contribution is -0.133. The van der Waals surface area contributed by atoms with Gasteiger partial charge >= 0.3 is 0 Å². The van der Waals surface area contributed by atoms with Crippen LogP contribution in [0.25, 0.3) is 0 Å². The Morgan fingerprint density at radius 3 is 2.67 bits per heavy atom. The monoisotopic (exact) mass is 405 g/mol. The summed E-state index contributed by atoms with van der Waals surface area (Å²) in [5, 5.41) is 3.32. The molecule has 1 aromatic carbocycles. The van der Waals surface area contributed by atoms with E-state index in [1.807, 2.05) is 31.2 Å². The number of aromatic nitrogens is 2.